The first kappa shape index (κ1) is 20.8. The number of furan rings is 1. The van der Waals surface area contributed by atoms with E-state index in [4.69, 9.17) is 15.9 Å². The van der Waals surface area contributed by atoms with E-state index in [9.17, 15) is 4.79 Å². The van der Waals surface area contributed by atoms with Crippen LogP contribution in [0.4, 0.5) is 0 Å². The van der Waals surface area contributed by atoms with Crippen LogP contribution in [0.3, 0.4) is 0 Å². The van der Waals surface area contributed by atoms with E-state index in [0.717, 1.165) is 12.3 Å². The summed E-state index contributed by atoms with van der Waals surface area (Å²) in [5, 5.41) is 3.15. The van der Waals surface area contributed by atoms with Crippen LogP contribution in [0.5, 0.6) is 0 Å². The predicted octanol–water partition coefficient (Wildman–Crippen LogP) is 2.62. The van der Waals surface area contributed by atoms with Crippen molar-refractivity contribution in [3.8, 4) is 0 Å². The highest BCUT2D eigenvalue weighted by Gasteiger charge is 2.07. The van der Waals surface area contributed by atoms with Crippen LogP contribution in [0.25, 0.3) is 0 Å². The Labute approximate surface area is 149 Å². The number of nitrogens with two attached hydrogens (primary N) is 2. The number of hydrogen-bond acceptors (Lipinski definition) is 3. The van der Waals surface area contributed by atoms with Gasteiger partial charge < -0.3 is 21.2 Å². The molecule has 0 bridgehead atoms. The van der Waals surface area contributed by atoms with Crippen molar-refractivity contribution < 1.29 is 9.21 Å². The van der Waals surface area contributed by atoms with Crippen LogP contribution in [-0.2, 0) is 6.54 Å². The molecule has 0 aromatic carbocycles. The van der Waals surface area contributed by atoms with Gasteiger partial charge in [0.15, 0.2) is 11.7 Å². The van der Waals surface area contributed by atoms with Gasteiger partial charge in [-0.2, -0.15) is 0 Å². The number of rotatable bonds is 8. The molecule has 1 unspecified atom stereocenters. The second-order valence-corrected chi connectivity index (χ2v) is 5.70. The first-order valence-electron chi connectivity index (χ1n) is 7.33. The minimum Gasteiger partial charge on any atom is -0.454 e. The summed E-state index contributed by atoms with van der Waals surface area (Å²) in [4.78, 5) is 15.1. The topological polar surface area (TPSA) is 107 Å². The largest absolute Gasteiger partial charge is 0.454 e. The second-order valence-electron chi connectivity index (χ2n) is 5.70. The summed E-state index contributed by atoms with van der Waals surface area (Å²) in [6, 6.07) is 3.49. The summed E-state index contributed by atoms with van der Waals surface area (Å²) >= 11 is 0. The third-order valence-electron chi connectivity index (χ3n) is 3.12. The van der Waals surface area contributed by atoms with E-state index >= 15 is 0 Å². The number of nitrogens with zero attached hydrogens (tertiary/aromatic N) is 1. The van der Waals surface area contributed by atoms with E-state index < -0.39 is 5.91 Å². The molecule has 0 aliphatic carbocycles. The van der Waals surface area contributed by atoms with Crippen LogP contribution >= 0.6 is 24.0 Å². The SMILES string of the molecule is CC(C)CCCC(C)NC(N)=NCc1ccc(C(N)=O)o1.I. The van der Waals surface area contributed by atoms with E-state index in [1.54, 1.807) is 6.07 Å². The zero-order valence-electron chi connectivity index (χ0n) is 13.5. The van der Waals surface area contributed by atoms with Crippen molar-refractivity contribution in [3.63, 3.8) is 0 Å². The predicted molar refractivity (Wildman–Crippen MR) is 99.3 cm³/mol. The average Bonchev–Trinajstić information content (AvgIpc) is 2.84. The lowest BCUT2D eigenvalue weighted by Crippen LogP contribution is -2.38. The van der Waals surface area contributed by atoms with Crippen molar-refractivity contribution in [2.45, 2.75) is 52.6 Å². The molecule has 0 aliphatic rings. The Balaban J connectivity index is 0.00000441. The maximum absolute atomic E-state index is 10.9. The third kappa shape index (κ3) is 8.26. The van der Waals surface area contributed by atoms with Gasteiger partial charge in [0.2, 0.25) is 0 Å². The maximum atomic E-state index is 10.9. The molecule has 0 spiro atoms. The molecule has 1 aromatic heterocycles. The van der Waals surface area contributed by atoms with Crippen molar-refractivity contribution in [1.29, 1.82) is 0 Å². The lowest BCUT2D eigenvalue weighted by molar-refractivity contribution is 0.0972. The number of carbonyl (C=O) groups is 1. The Bertz CT molecular complexity index is 486. The van der Waals surface area contributed by atoms with Crippen LogP contribution in [0.2, 0.25) is 0 Å². The molecule has 0 radical (unpaired) electrons. The molecule has 1 atom stereocenters. The summed E-state index contributed by atoms with van der Waals surface area (Å²) in [5.74, 6) is 1.20. The number of nitrogens with one attached hydrogen (secondary N) is 1. The standard InChI is InChI=1S/C15H26N4O2.HI/c1-10(2)5-4-6-11(3)19-15(17)18-9-12-7-8-13(21-12)14(16)20;/h7-8,10-11H,4-6,9H2,1-3H3,(H2,16,20)(H3,17,18,19);1H. The Morgan fingerprint density at radius 2 is 1.95 bits per heavy atom. The minimum absolute atomic E-state index is 0. The molecule has 22 heavy (non-hydrogen) atoms. The molecule has 0 saturated carbocycles. The molecule has 1 aromatic rings. The Hall–Kier alpha value is -1.25. The van der Waals surface area contributed by atoms with Gasteiger partial charge in [-0.15, -0.1) is 24.0 Å². The molecule has 1 rings (SSSR count). The number of primary amides is 1. The molecule has 7 heteroatoms. The number of amides is 1. The van der Waals surface area contributed by atoms with Gasteiger partial charge in [-0.1, -0.05) is 26.7 Å². The van der Waals surface area contributed by atoms with Gasteiger partial charge in [0.05, 0.1) is 0 Å². The van der Waals surface area contributed by atoms with Crippen LogP contribution in [-0.4, -0.2) is 17.9 Å². The van der Waals surface area contributed by atoms with Gasteiger partial charge in [0.25, 0.3) is 5.91 Å². The summed E-state index contributed by atoms with van der Waals surface area (Å²) in [6.45, 7) is 6.81. The molecule has 6 nitrogen and oxygen atoms in total. The normalized spacial score (nSPS) is 12.8. The molecule has 1 heterocycles. The van der Waals surface area contributed by atoms with Crippen molar-refractivity contribution in [1.82, 2.24) is 5.32 Å². The summed E-state index contributed by atoms with van der Waals surface area (Å²) < 4.78 is 5.23. The van der Waals surface area contributed by atoms with Gasteiger partial charge >= 0.3 is 0 Å². The first-order valence-corrected chi connectivity index (χ1v) is 7.33. The molecular weight excluding hydrogens is 395 g/mol. The van der Waals surface area contributed by atoms with E-state index in [0.29, 0.717) is 11.7 Å². The molecule has 0 aliphatic heterocycles. The minimum atomic E-state index is -0.588. The monoisotopic (exact) mass is 422 g/mol. The van der Waals surface area contributed by atoms with Crippen molar-refractivity contribution in [3.05, 3.63) is 23.7 Å². The van der Waals surface area contributed by atoms with E-state index in [1.807, 2.05) is 0 Å². The fourth-order valence-electron chi connectivity index (χ4n) is 1.96. The van der Waals surface area contributed by atoms with Gasteiger partial charge in [-0.05, 0) is 31.4 Å². The van der Waals surface area contributed by atoms with E-state index in [2.05, 4.69) is 31.1 Å². The summed E-state index contributed by atoms with van der Waals surface area (Å²) in [6.07, 6.45) is 3.44. The number of carbonyl (C=O) groups excluding carboxylic acids is 1. The summed E-state index contributed by atoms with van der Waals surface area (Å²) in [7, 11) is 0. The third-order valence-corrected chi connectivity index (χ3v) is 3.12. The van der Waals surface area contributed by atoms with Crippen molar-refractivity contribution in [2.24, 2.45) is 22.4 Å². The van der Waals surface area contributed by atoms with E-state index in [1.165, 1.54) is 18.9 Å². The van der Waals surface area contributed by atoms with E-state index in [-0.39, 0.29) is 42.3 Å². The maximum Gasteiger partial charge on any atom is 0.284 e. The lowest BCUT2D eigenvalue weighted by atomic mass is 10.0. The first-order chi connectivity index (χ1) is 9.88. The molecular formula is C15H27IN4O2. The highest BCUT2D eigenvalue weighted by Crippen LogP contribution is 2.09. The van der Waals surface area contributed by atoms with Gasteiger partial charge in [-0.25, -0.2) is 4.99 Å². The highest BCUT2D eigenvalue weighted by atomic mass is 127. The number of hydrogen-bond donors (Lipinski definition) is 3. The molecule has 1 amide bonds. The zero-order chi connectivity index (χ0) is 15.8. The number of aliphatic imine (C=N–C) groups is 1. The fourth-order valence-corrected chi connectivity index (χ4v) is 1.96. The molecule has 5 N–H and O–H groups in total. The Morgan fingerprint density at radius 3 is 2.50 bits per heavy atom. The number of halogens is 1. The van der Waals surface area contributed by atoms with Gasteiger partial charge in [-0.3, -0.25) is 4.79 Å². The van der Waals surface area contributed by atoms with Crippen molar-refractivity contribution in [2.75, 3.05) is 0 Å². The highest BCUT2D eigenvalue weighted by molar-refractivity contribution is 14.0. The quantitative estimate of drug-likeness (QED) is 0.340. The smallest absolute Gasteiger partial charge is 0.284 e. The van der Waals surface area contributed by atoms with Crippen LogP contribution in [0.15, 0.2) is 21.5 Å². The van der Waals surface area contributed by atoms with Crippen LogP contribution in [0.1, 0.15) is 56.3 Å². The second kappa shape index (κ2) is 10.5. The average molecular weight is 422 g/mol. The number of guanidine groups is 1. The fraction of sp³-hybridized carbons (Fsp3) is 0.600. The molecule has 0 saturated heterocycles. The zero-order valence-corrected chi connectivity index (χ0v) is 15.8. The van der Waals surface area contributed by atoms with Crippen LogP contribution in [0, 0.1) is 5.92 Å². The van der Waals surface area contributed by atoms with Crippen molar-refractivity contribution >= 4 is 35.8 Å². The Kier molecular flexibility index (Phi) is 9.88. The lowest BCUT2D eigenvalue weighted by Gasteiger charge is -2.14. The van der Waals surface area contributed by atoms with Gasteiger partial charge in [0, 0.05) is 6.04 Å². The van der Waals surface area contributed by atoms with Gasteiger partial charge in [0.1, 0.15) is 12.3 Å². The molecule has 0 fully saturated rings. The van der Waals surface area contributed by atoms with Crippen LogP contribution < -0.4 is 16.8 Å². The Morgan fingerprint density at radius 1 is 1.27 bits per heavy atom. The molecule has 126 valence electrons. The summed E-state index contributed by atoms with van der Waals surface area (Å²) in [5.41, 5.74) is 10.9.